The van der Waals surface area contributed by atoms with E-state index in [0.717, 1.165) is 37.1 Å². The number of hydrogen-bond donors (Lipinski definition) is 2. The average Bonchev–Trinajstić information content (AvgIpc) is 3.04. The van der Waals surface area contributed by atoms with E-state index in [9.17, 15) is 9.90 Å². The van der Waals surface area contributed by atoms with Crippen molar-refractivity contribution in [1.82, 2.24) is 9.55 Å². The first-order valence-corrected chi connectivity index (χ1v) is 7.66. The second-order valence-corrected chi connectivity index (χ2v) is 5.91. The summed E-state index contributed by atoms with van der Waals surface area (Å²) in [5.41, 5.74) is 1.20. The van der Waals surface area contributed by atoms with E-state index < -0.39 is 5.97 Å². The van der Waals surface area contributed by atoms with E-state index >= 15 is 0 Å². The molecule has 1 aromatic heterocycles. The fourth-order valence-electron chi connectivity index (χ4n) is 3.27. The molecule has 0 bridgehead atoms. The number of nitrogens with zero attached hydrogens (tertiary/aromatic N) is 2. The monoisotopic (exact) mass is 300 g/mol. The minimum Gasteiger partial charge on any atom is -0.478 e. The van der Waals surface area contributed by atoms with E-state index in [1.807, 2.05) is 6.20 Å². The molecular weight excluding hydrogens is 280 g/mol. The molecule has 1 aromatic carbocycles. The van der Waals surface area contributed by atoms with Gasteiger partial charge in [-0.25, -0.2) is 9.78 Å². The van der Waals surface area contributed by atoms with Crippen LogP contribution < -0.4 is 0 Å². The van der Waals surface area contributed by atoms with Crippen LogP contribution in [0.15, 0.2) is 36.7 Å². The number of rotatable bonds is 4. The van der Waals surface area contributed by atoms with Gasteiger partial charge < -0.3 is 14.8 Å². The molecule has 116 valence electrons. The molecule has 1 aliphatic carbocycles. The molecule has 5 nitrogen and oxygen atoms in total. The molecule has 3 rings (SSSR count). The summed E-state index contributed by atoms with van der Waals surface area (Å²) in [5, 5.41) is 18.4. The molecule has 0 radical (unpaired) electrons. The number of aliphatic hydroxyl groups is 1. The van der Waals surface area contributed by atoms with Crippen molar-refractivity contribution in [3.8, 4) is 11.4 Å². The normalized spacial score (nSPS) is 21.7. The van der Waals surface area contributed by atoms with Gasteiger partial charge in [0, 0.05) is 30.6 Å². The Bertz CT molecular complexity index is 648. The molecule has 1 saturated carbocycles. The Labute approximate surface area is 129 Å². The van der Waals surface area contributed by atoms with Gasteiger partial charge in [-0.05, 0) is 37.3 Å². The summed E-state index contributed by atoms with van der Waals surface area (Å²) in [6.07, 6.45) is 8.02. The average molecular weight is 300 g/mol. The van der Waals surface area contributed by atoms with Crippen molar-refractivity contribution in [2.45, 2.75) is 31.7 Å². The predicted octanol–water partition coefficient (Wildman–Crippen LogP) is 2.97. The Morgan fingerprint density at radius 2 is 2.05 bits per heavy atom. The summed E-state index contributed by atoms with van der Waals surface area (Å²) < 4.78 is 2.16. The molecular formula is C17H20N2O3. The van der Waals surface area contributed by atoms with Crippen molar-refractivity contribution in [2.75, 3.05) is 6.61 Å². The van der Waals surface area contributed by atoms with Crippen LogP contribution in [0.25, 0.3) is 11.4 Å². The van der Waals surface area contributed by atoms with Crippen molar-refractivity contribution in [2.24, 2.45) is 5.92 Å². The van der Waals surface area contributed by atoms with E-state index in [1.54, 1.807) is 30.5 Å². The molecule has 0 saturated heterocycles. The highest BCUT2D eigenvalue weighted by Crippen LogP contribution is 2.34. The van der Waals surface area contributed by atoms with Crippen LogP contribution in [0, 0.1) is 5.92 Å². The lowest BCUT2D eigenvalue weighted by Gasteiger charge is -2.30. The van der Waals surface area contributed by atoms with E-state index in [2.05, 4.69) is 9.55 Å². The molecule has 1 fully saturated rings. The topological polar surface area (TPSA) is 75.3 Å². The number of carboxylic acids is 1. The van der Waals surface area contributed by atoms with Crippen LogP contribution in [-0.4, -0.2) is 32.3 Å². The molecule has 1 heterocycles. The molecule has 22 heavy (non-hydrogen) atoms. The van der Waals surface area contributed by atoms with E-state index in [0.29, 0.717) is 12.0 Å². The number of imidazole rings is 1. The largest absolute Gasteiger partial charge is 0.478 e. The molecule has 5 heteroatoms. The molecule has 2 N–H and O–H groups in total. The third kappa shape index (κ3) is 2.90. The Morgan fingerprint density at radius 1 is 1.27 bits per heavy atom. The zero-order valence-electron chi connectivity index (χ0n) is 12.4. The molecule has 0 unspecified atom stereocenters. The summed E-state index contributed by atoms with van der Waals surface area (Å²) in [6, 6.07) is 7.16. The lowest BCUT2D eigenvalue weighted by Crippen LogP contribution is -2.21. The third-order valence-corrected chi connectivity index (χ3v) is 4.47. The van der Waals surface area contributed by atoms with Gasteiger partial charge in [-0.2, -0.15) is 0 Å². The van der Waals surface area contributed by atoms with Crippen molar-refractivity contribution >= 4 is 5.97 Å². The van der Waals surface area contributed by atoms with E-state index in [-0.39, 0.29) is 12.2 Å². The van der Waals surface area contributed by atoms with Gasteiger partial charge >= 0.3 is 5.97 Å². The van der Waals surface area contributed by atoms with E-state index in [1.165, 1.54) is 0 Å². The van der Waals surface area contributed by atoms with Crippen LogP contribution in [0.4, 0.5) is 0 Å². The fourth-order valence-corrected chi connectivity index (χ4v) is 3.27. The van der Waals surface area contributed by atoms with Crippen LogP contribution in [0.5, 0.6) is 0 Å². The molecule has 2 aromatic rings. The number of aromatic carboxylic acids is 1. The van der Waals surface area contributed by atoms with Crippen molar-refractivity contribution in [1.29, 1.82) is 0 Å². The maximum atomic E-state index is 10.9. The number of aromatic nitrogens is 2. The highest BCUT2D eigenvalue weighted by molar-refractivity contribution is 5.88. The van der Waals surface area contributed by atoms with Gasteiger partial charge in [0.1, 0.15) is 5.82 Å². The van der Waals surface area contributed by atoms with Crippen LogP contribution in [0.3, 0.4) is 0 Å². The molecule has 0 amide bonds. The summed E-state index contributed by atoms with van der Waals surface area (Å²) in [6.45, 7) is 0.244. The summed E-state index contributed by atoms with van der Waals surface area (Å²) in [5.74, 6) is 0.303. The summed E-state index contributed by atoms with van der Waals surface area (Å²) >= 11 is 0. The maximum Gasteiger partial charge on any atom is 0.335 e. The number of carbonyl (C=O) groups is 1. The first-order chi connectivity index (χ1) is 10.7. The van der Waals surface area contributed by atoms with Gasteiger partial charge in [0.05, 0.1) is 5.56 Å². The van der Waals surface area contributed by atoms with Gasteiger partial charge in [-0.3, -0.25) is 0 Å². The van der Waals surface area contributed by atoms with Crippen LogP contribution in [-0.2, 0) is 0 Å². The zero-order valence-corrected chi connectivity index (χ0v) is 12.4. The van der Waals surface area contributed by atoms with Crippen LogP contribution >= 0.6 is 0 Å². The Kier molecular flexibility index (Phi) is 4.24. The maximum absolute atomic E-state index is 10.9. The number of benzene rings is 1. The second-order valence-electron chi connectivity index (χ2n) is 5.91. The second kappa shape index (κ2) is 6.32. The smallest absolute Gasteiger partial charge is 0.335 e. The molecule has 2 atom stereocenters. The Hall–Kier alpha value is -2.14. The van der Waals surface area contributed by atoms with Gasteiger partial charge in [0.15, 0.2) is 0 Å². The van der Waals surface area contributed by atoms with Gasteiger partial charge in [-0.15, -0.1) is 0 Å². The molecule has 0 spiro atoms. The predicted molar refractivity (Wildman–Crippen MR) is 82.7 cm³/mol. The minimum atomic E-state index is -0.923. The summed E-state index contributed by atoms with van der Waals surface area (Å²) in [7, 11) is 0. The van der Waals surface area contributed by atoms with Crippen LogP contribution in [0.2, 0.25) is 0 Å². The van der Waals surface area contributed by atoms with Gasteiger partial charge in [-0.1, -0.05) is 18.6 Å². The highest BCUT2D eigenvalue weighted by atomic mass is 16.4. The standard InChI is InChI=1S/C17H20N2O3/c20-11-12-2-1-3-15(10-12)19-9-8-18-16(19)13-4-6-14(7-5-13)17(21)22/h4-9,12,15,20H,1-3,10-11H2,(H,21,22)/t12-,15+/m0/s1. The van der Waals surface area contributed by atoms with Crippen LogP contribution in [0.1, 0.15) is 42.1 Å². The Morgan fingerprint density at radius 3 is 2.73 bits per heavy atom. The first kappa shape index (κ1) is 14.8. The lowest BCUT2D eigenvalue weighted by atomic mass is 9.86. The van der Waals surface area contributed by atoms with Crippen molar-refractivity contribution in [3.63, 3.8) is 0 Å². The number of aliphatic hydroxyl groups excluding tert-OH is 1. The van der Waals surface area contributed by atoms with Crippen molar-refractivity contribution < 1.29 is 15.0 Å². The lowest BCUT2D eigenvalue weighted by molar-refractivity contribution is 0.0697. The quantitative estimate of drug-likeness (QED) is 0.910. The van der Waals surface area contributed by atoms with E-state index in [4.69, 9.17) is 5.11 Å². The minimum absolute atomic E-state index is 0.244. The van der Waals surface area contributed by atoms with Crippen molar-refractivity contribution in [3.05, 3.63) is 42.2 Å². The fraction of sp³-hybridized carbons (Fsp3) is 0.412. The first-order valence-electron chi connectivity index (χ1n) is 7.66. The Balaban J connectivity index is 1.86. The zero-order chi connectivity index (χ0) is 15.5. The van der Waals surface area contributed by atoms with Gasteiger partial charge in [0.2, 0.25) is 0 Å². The number of hydrogen-bond acceptors (Lipinski definition) is 3. The number of carboxylic acid groups (broad SMARTS) is 1. The van der Waals surface area contributed by atoms with Gasteiger partial charge in [0.25, 0.3) is 0 Å². The SMILES string of the molecule is O=C(O)c1ccc(-c2nccn2[C@@H]2CCC[C@H](CO)C2)cc1. The molecule has 0 aliphatic heterocycles. The summed E-state index contributed by atoms with van der Waals surface area (Å²) in [4.78, 5) is 15.4. The third-order valence-electron chi connectivity index (χ3n) is 4.47. The highest BCUT2D eigenvalue weighted by Gasteiger charge is 2.24. The molecule has 1 aliphatic rings.